The summed E-state index contributed by atoms with van der Waals surface area (Å²) in [6.07, 6.45) is 0.462. The molecule has 192 valence electrons. The summed E-state index contributed by atoms with van der Waals surface area (Å²) in [5.74, 6) is 0. The van der Waals surface area contributed by atoms with Crippen molar-refractivity contribution in [2.24, 2.45) is 0 Å². The van der Waals surface area contributed by atoms with E-state index in [0.29, 0.717) is 31.4 Å². The predicted molar refractivity (Wildman–Crippen MR) is 111 cm³/mol. The summed E-state index contributed by atoms with van der Waals surface area (Å²) in [6, 6.07) is 1.91. The monoisotopic (exact) mass is 524 g/mol. The van der Waals surface area contributed by atoms with Gasteiger partial charge in [-0.3, -0.25) is 0 Å². The van der Waals surface area contributed by atoms with Gasteiger partial charge in [-0.2, -0.15) is 30.6 Å². The Kier molecular flexibility index (Phi) is 5.64. The highest BCUT2D eigenvalue weighted by molar-refractivity contribution is 7.89. The average Bonchev–Trinajstić information content (AvgIpc) is 3.50. The van der Waals surface area contributed by atoms with Gasteiger partial charge in [0.2, 0.25) is 0 Å². The fraction of sp³-hybridized carbons (Fsp3) is 0.571. The smallest absolute Gasteiger partial charge is 0.370 e. The molecule has 0 aliphatic carbocycles. The molecule has 1 aromatic heterocycles. The summed E-state index contributed by atoms with van der Waals surface area (Å²) in [6.45, 7) is -1.37. The standard InChI is InChI=1S/C21H22F6N4O3S/c22-20(23,24)14-1-2-17-13(7-14)9-30(35(32,33)21(25,26)27)11-18(19-5-3-16(34-19)4-6-19)31(17)10-15-8-28-12-29-15/h1-2,7-8,12,16,18H,3-6,9-11H2,(H,28,29)/t16?,18-,19?/m0/s1. The highest BCUT2D eigenvalue weighted by Crippen LogP contribution is 2.50. The Morgan fingerprint density at radius 3 is 2.40 bits per heavy atom. The van der Waals surface area contributed by atoms with E-state index in [2.05, 4.69) is 9.97 Å². The number of fused-ring (bicyclic) bond motifs is 3. The normalized spacial score (nSPS) is 27.8. The van der Waals surface area contributed by atoms with Crippen molar-refractivity contribution in [2.75, 3.05) is 11.4 Å². The number of rotatable bonds is 4. The van der Waals surface area contributed by atoms with Crippen LogP contribution >= 0.6 is 0 Å². The molecule has 4 heterocycles. The lowest BCUT2D eigenvalue weighted by molar-refractivity contribution is -0.137. The minimum atomic E-state index is -5.83. The van der Waals surface area contributed by atoms with Crippen LogP contribution in [0.3, 0.4) is 0 Å². The molecule has 2 fully saturated rings. The van der Waals surface area contributed by atoms with Gasteiger partial charge in [0.15, 0.2) is 0 Å². The summed E-state index contributed by atoms with van der Waals surface area (Å²) in [4.78, 5) is 8.52. The zero-order chi connectivity index (χ0) is 25.2. The fourth-order valence-electron chi connectivity index (χ4n) is 5.47. The number of anilines is 1. The van der Waals surface area contributed by atoms with E-state index < -0.39 is 52.0 Å². The van der Waals surface area contributed by atoms with Crippen LogP contribution in [0.15, 0.2) is 30.7 Å². The molecular weight excluding hydrogens is 502 g/mol. The second-order valence-corrected chi connectivity index (χ2v) is 11.1. The number of hydrogen-bond acceptors (Lipinski definition) is 5. The Balaban J connectivity index is 1.68. The number of H-pyrrole nitrogens is 1. The third kappa shape index (κ3) is 4.18. The third-order valence-electron chi connectivity index (χ3n) is 7.13. The van der Waals surface area contributed by atoms with Crippen LogP contribution < -0.4 is 4.90 Å². The van der Waals surface area contributed by atoms with Crippen LogP contribution in [0.1, 0.15) is 42.5 Å². The van der Waals surface area contributed by atoms with E-state index in [4.69, 9.17) is 4.74 Å². The second kappa shape index (κ2) is 8.10. The number of aromatic nitrogens is 2. The number of sulfonamides is 1. The van der Waals surface area contributed by atoms with Crippen LogP contribution in [0, 0.1) is 0 Å². The van der Waals surface area contributed by atoms with E-state index in [0.717, 1.165) is 12.1 Å². The van der Waals surface area contributed by atoms with Crippen molar-refractivity contribution in [3.05, 3.63) is 47.5 Å². The third-order valence-corrected chi connectivity index (χ3v) is 8.67. The van der Waals surface area contributed by atoms with Crippen molar-refractivity contribution in [3.63, 3.8) is 0 Å². The molecule has 0 unspecified atom stereocenters. The molecule has 5 rings (SSSR count). The Bertz CT molecular complexity index is 1190. The molecule has 1 aromatic carbocycles. The lowest BCUT2D eigenvalue weighted by Crippen LogP contribution is -2.57. The van der Waals surface area contributed by atoms with Crippen LogP contribution in [-0.4, -0.2) is 52.5 Å². The van der Waals surface area contributed by atoms with E-state index >= 15 is 0 Å². The number of benzene rings is 1. The quantitative estimate of drug-likeness (QED) is 0.608. The molecule has 2 aromatic rings. The number of halogens is 6. The molecule has 2 bridgehead atoms. The second-order valence-electron chi connectivity index (χ2n) is 9.19. The van der Waals surface area contributed by atoms with Crippen molar-refractivity contribution in [3.8, 4) is 0 Å². The number of hydrogen-bond donors (Lipinski definition) is 1. The van der Waals surface area contributed by atoms with Gasteiger partial charge in [-0.05, 0) is 49.4 Å². The summed E-state index contributed by atoms with van der Waals surface area (Å²) in [5, 5.41) is 0. The highest BCUT2D eigenvalue weighted by atomic mass is 32.2. The average molecular weight is 524 g/mol. The molecule has 14 heteroatoms. The van der Waals surface area contributed by atoms with Gasteiger partial charge < -0.3 is 14.6 Å². The minimum absolute atomic E-state index is 0.0682. The fourth-order valence-corrected chi connectivity index (χ4v) is 6.41. The van der Waals surface area contributed by atoms with Crippen LogP contribution in [0.5, 0.6) is 0 Å². The van der Waals surface area contributed by atoms with Gasteiger partial charge in [0.25, 0.3) is 0 Å². The van der Waals surface area contributed by atoms with Crippen LogP contribution in [-0.2, 0) is 34.0 Å². The molecule has 3 aliphatic heterocycles. The first-order valence-corrected chi connectivity index (χ1v) is 12.4. The summed E-state index contributed by atoms with van der Waals surface area (Å²) in [7, 11) is -5.83. The Labute approximate surface area is 197 Å². The van der Waals surface area contributed by atoms with Crippen molar-refractivity contribution in [1.82, 2.24) is 14.3 Å². The summed E-state index contributed by atoms with van der Waals surface area (Å²) >= 11 is 0. The number of nitrogens with zero attached hydrogens (tertiary/aromatic N) is 3. The van der Waals surface area contributed by atoms with Gasteiger partial charge in [0, 0.05) is 25.0 Å². The molecule has 35 heavy (non-hydrogen) atoms. The molecule has 3 aliphatic rings. The van der Waals surface area contributed by atoms with Crippen LogP contribution in [0.2, 0.25) is 0 Å². The number of aromatic amines is 1. The van der Waals surface area contributed by atoms with E-state index in [9.17, 15) is 34.8 Å². The zero-order valence-electron chi connectivity index (χ0n) is 18.2. The minimum Gasteiger partial charge on any atom is -0.370 e. The first-order chi connectivity index (χ1) is 16.3. The molecule has 1 N–H and O–H groups in total. The topological polar surface area (TPSA) is 78.5 Å². The molecule has 2 saturated heterocycles. The molecule has 1 atom stereocenters. The molecule has 7 nitrogen and oxygen atoms in total. The van der Waals surface area contributed by atoms with Crippen molar-refractivity contribution < 1.29 is 39.5 Å². The van der Waals surface area contributed by atoms with Gasteiger partial charge in [-0.15, -0.1) is 0 Å². The number of ether oxygens (including phenoxy) is 1. The van der Waals surface area contributed by atoms with Crippen LogP contribution in [0.4, 0.5) is 32.0 Å². The summed E-state index contributed by atoms with van der Waals surface area (Å²) in [5.41, 5.74) is -6.98. The maximum atomic E-state index is 13.6. The van der Waals surface area contributed by atoms with Gasteiger partial charge in [0.05, 0.1) is 41.9 Å². The number of alkyl halides is 6. The lowest BCUT2D eigenvalue weighted by Gasteiger charge is -2.43. The number of imidazole rings is 1. The van der Waals surface area contributed by atoms with E-state index in [1.165, 1.54) is 18.6 Å². The molecule has 0 saturated carbocycles. The SMILES string of the molecule is O=S(=O)(N1Cc2cc(C(F)(F)F)ccc2N(Cc2cnc[nH]2)[C@H](C23CCC(CC2)O3)C1)C(F)(F)F. The van der Waals surface area contributed by atoms with Gasteiger partial charge in [0.1, 0.15) is 0 Å². The maximum absolute atomic E-state index is 13.6. The summed E-state index contributed by atoms with van der Waals surface area (Å²) < 4.78 is 113. The predicted octanol–water partition coefficient (Wildman–Crippen LogP) is 4.18. The molecule has 0 spiro atoms. The Morgan fingerprint density at radius 1 is 1.14 bits per heavy atom. The van der Waals surface area contributed by atoms with E-state index in [1.54, 1.807) is 4.90 Å². The van der Waals surface area contributed by atoms with Crippen molar-refractivity contribution >= 4 is 15.7 Å². The lowest BCUT2D eigenvalue weighted by atomic mass is 9.81. The van der Waals surface area contributed by atoms with Crippen LogP contribution in [0.25, 0.3) is 0 Å². The van der Waals surface area contributed by atoms with Gasteiger partial charge >= 0.3 is 21.7 Å². The largest absolute Gasteiger partial charge is 0.511 e. The molecule has 0 amide bonds. The molecular formula is C21H22F6N4O3S. The number of nitrogens with one attached hydrogen (secondary N) is 1. The Hall–Kier alpha value is -2.32. The van der Waals surface area contributed by atoms with Crippen molar-refractivity contribution in [2.45, 2.75) is 68.2 Å². The molecule has 0 radical (unpaired) electrons. The van der Waals surface area contributed by atoms with Crippen molar-refractivity contribution in [1.29, 1.82) is 0 Å². The maximum Gasteiger partial charge on any atom is 0.511 e. The highest BCUT2D eigenvalue weighted by Gasteiger charge is 2.57. The first-order valence-electron chi connectivity index (χ1n) is 11.0. The van der Waals surface area contributed by atoms with E-state index in [-0.39, 0.29) is 28.2 Å². The zero-order valence-corrected chi connectivity index (χ0v) is 19.1. The Morgan fingerprint density at radius 2 is 1.86 bits per heavy atom. The first kappa shape index (κ1) is 24.4. The van der Waals surface area contributed by atoms with Gasteiger partial charge in [-0.25, -0.2) is 13.4 Å². The van der Waals surface area contributed by atoms with E-state index in [1.807, 2.05) is 0 Å². The van der Waals surface area contributed by atoms with Gasteiger partial charge in [-0.1, -0.05) is 0 Å².